The first-order valence-electron chi connectivity index (χ1n) is 7.24. The molecule has 138 valence electrons. The first kappa shape index (κ1) is 21.6. The normalized spacial score (nSPS) is 14.1. The average molecular weight is 347 g/mol. The summed E-state index contributed by atoms with van der Waals surface area (Å²) in [5.74, 6) is -1.63. The van der Waals surface area contributed by atoms with Gasteiger partial charge in [0.2, 0.25) is 5.54 Å². The highest BCUT2D eigenvalue weighted by Crippen LogP contribution is 2.16. The summed E-state index contributed by atoms with van der Waals surface area (Å²) in [4.78, 5) is 46.2. The minimum absolute atomic E-state index is 0.697. The molecule has 0 radical (unpaired) electrons. The number of amides is 2. The lowest BCUT2D eigenvalue weighted by atomic mass is 9.94. The Labute approximate surface area is 140 Å². The van der Waals surface area contributed by atoms with E-state index in [1.165, 1.54) is 20.8 Å². The number of esters is 1. The number of carbonyl (C=O) groups is 3. The van der Waals surface area contributed by atoms with Crippen LogP contribution >= 0.6 is 0 Å². The standard InChI is InChI=1S/C14H25N3O7/c1-8(11(19)23-7)15-10(18)9(14(5,6)17(21)22)16-12(20)24-13(2,3)4/h8-9H,1-7H3,(H,15,18)(H,16,20). The van der Waals surface area contributed by atoms with E-state index in [-0.39, 0.29) is 0 Å². The van der Waals surface area contributed by atoms with Gasteiger partial charge in [0.15, 0.2) is 6.04 Å². The Morgan fingerprint density at radius 1 is 1.08 bits per heavy atom. The Morgan fingerprint density at radius 3 is 1.96 bits per heavy atom. The van der Waals surface area contributed by atoms with Crippen molar-refractivity contribution in [2.75, 3.05) is 7.11 Å². The van der Waals surface area contributed by atoms with Crippen molar-refractivity contribution in [1.29, 1.82) is 0 Å². The average Bonchev–Trinajstić information content (AvgIpc) is 2.41. The number of ether oxygens (including phenoxy) is 2. The summed E-state index contributed by atoms with van der Waals surface area (Å²) in [7, 11) is 1.14. The van der Waals surface area contributed by atoms with Crippen LogP contribution in [0.5, 0.6) is 0 Å². The van der Waals surface area contributed by atoms with E-state index in [4.69, 9.17) is 4.74 Å². The minimum Gasteiger partial charge on any atom is -0.467 e. The van der Waals surface area contributed by atoms with Crippen LogP contribution in [0.3, 0.4) is 0 Å². The number of rotatable bonds is 6. The van der Waals surface area contributed by atoms with Gasteiger partial charge in [-0.25, -0.2) is 9.59 Å². The number of nitrogens with zero attached hydrogens (tertiary/aromatic N) is 1. The lowest BCUT2D eigenvalue weighted by Crippen LogP contribution is -2.62. The van der Waals surface area contributed by atoms with Crippen LogP contribution in [0, 0.1) is 10.1 Å². The van der Waals surface area contributed by atoms with Gasteiger partial charge in [-0.15, -0.1) is 0 Å². The van der Waals surface area contributed by atoms with Crippen LogP contribution in [-0.4, -0.2) is 53.2 Å². The van der Waals surface area contributed by atoms with E-state index in [1.54, 1.807) is 20.8 Å². The lowest BCUT2D eigenvalue weighted by molar-refractivity contribution is -0.562. The third-order valence-electron chi connectivity index (χ3n) is 3.01. The van der Waals surface area contributed by atoms with Crippen molar-refractivity contribution in [2.45, 2.75) is 64.8 Å². The fourth-order valence-electron chi connectivity index (χ4n) is 1.63. The Balaban J connectivity index is 5.35. The second-order valence-electron chi connectivity index (χ2n) is 6.74. The lowest BCUT2D eigenvalue weighted by Gasteiger charge is -2.28. The van der Waals surface area contributed by atoms with E-state index in [1.807, 2.05) is 0 Å². The van der Waals surface area contributed by atoms with Gasteiger partial charge < -0.3 is 20.1 Å². The summed E-state index contributed by atoms with van der Waals surface area (Å²) in [6.45, 7) is 8.54. The van der Waals surface area contributed by atoms with Crippen LogP contribution in [0.15, 0.2) is 0 Å². The summed E-state index contributed by atoms with van der Waals surface area (Å²) in [5.41, 5.74) is -2.68. The van der Waals surface area contributed by atoms with Gasteiger partial charge in [-0.2, -0.15) is 0 Å². The van der Waals surface area contributed by atoms with Crippen LogP contribution < -0.4 is 10.6 Å². The third-order valence-corrected chi connectivity index (χ3v) is 3.01. The molecule has 0 aliphatic carbocycles. The van der Waals surface area contributed by atoms with Crippen molar-refractivity contribution in [3.05, 3.63) is 10.1 Å². The third kappa shape index (κ3) is 6.39. The maximum atomic E-state index is 12.3. The molecule has 2 N–H and O–H groups in total. The predicted octanol–water partition coefficient (Wildman–Crippen LogP) is 0.613. The molecule has 10 nitrogen and oxygen atoms in total. The monoisotopic (exact) mass is 347 g/mol. The van der Waals surface area contributed by atoms with E-state index in [2.05, 4.69) is 15.4 Å². The van der Waals surface area contributed by atoms with Gasteiger partial charge in [0.05, 0.1) is 7.11 Å². The minimum atomic E-state index is -1.84. The Morgan fingerprint density at radius 2 is 1.58 bits per heavy atom. The SMILES string of the molecule is COC(=O)C(C)NC(=O)C(NC(=O)OC(C)(C)C)C(C)(C)[N+](=O)[O-]. The molecule has 0 bridgehead atoms. The predicted molar refractivity (Wildman–Crippen MR) is 83.9 cm³/mol. The molecule has 10 heteroatoms. The summed E-state index contributed by atoms with van der Waals surface area (Å²) in [6, 6.07) is -2.59. The molecule has 2 atom stereocenters. The summed E-state index contributed by atoms with van der Waals surface area (Å²) >= 11 is 0. The quantitative estimate of drug-likeness (QED) is 0.408. The van der Waals surface area contributed by atoms with E-state index >= 15 is 0 Å². The molecule has 0 rings (SSSR count). The molecule has 0 aromatic heterocycles. The zero-order chi connectivity index (χ0) is 19.3. The first-order chi connectivity index (χ1) is 10.7. The largest absolute Gasteiger partial charge is 0.467 e. The Hall–Kier alpha value is -2.39. The van der Waals surface area contributed by atoms with Gasteiger partial charge >= 0.3 is 12.1 Å². The van der Waals surface area contributed by atoms with Crippen LogP contribution in [0.1, 0.15) is 41.5 Å². The van der Waals surface area contributed by atoms with E-state index < -0.39 is 46.1 Å². The molecule has 24 heavy (non-hydrogen) atoms. The van der Waals surface area contributed by atoms with Gasteiger partial charge in [-0.3, -0.25) is 14.9 Å². The van der Waals surface area contributed by atoms with Crippen molar-refractivity contribution in [2.24, 2.45) is 0 Å². The highest BCUT2D eigenvalue weighted by Gasteiger charge is 2.47. The smallest absolute Gasteiger partial charge is 0.408 e. The van der Waals surface area contributed by atoms with Crippen molar-refractivity contribution >= 4 is 18.0 Å². The molecule has 0 spiro atoms. The Kier molecular flexibility index (Phi) is 7.14. The topological polar surface area (TPSA) is 137 Å². The molecular weight excluding hydrogens is 322 g/mol. The van der Waals surface area contributed by atoms with Gasteiger partial charge in [-0.05, 0) is 27.7 Å². The summed E-state index contributed by atoms with van der Waals surface area (Å²) in [5, 5.41) is 15.7. The Bertz CT molecular complexity index is 511. The van der Waals surface area contributed by atoms with Crippen molar-refractivity contribution < 1.29 is 28.8 Å². The van der Waals surface area contributed by atoms with E-state index in [0.717, 1.165) is 7.11 Å². The molecule has 0 aromatic carbocycles. The molecule has 0 fully saturated rings. The fraction of sp³-hybridized carbons (Fsp3) is 0.786. The maximum Gasteiger partial charge on any atom is 0.408 e. The molecule has 0 heterocycles. The second kappa shape index (κ2) is 7.93. The van der Waals surface area contributed by atoms with Crippen LogP contribution in [0.2, 0.25) is 0 Å². The second-order valence-corrected chi connectivity index (χ2v) is 6.74. The summed E-state index contributed by atoms with van der Waals surface area (Å²) in [6.07, 6.45) is -0.983. The number of methoxy groups -OCH3 is 1. The van der Waals surface area contributed by atoms with Crippen molar-refractivity contribution in [3.63, 3.8) is 0 Å². The van der Waals surface area contributed by atoms with E-state index in [9.17, 15) is 24.5 Å². The van der Waals surface area contributed by atoms with Crippen molar-refractivity contribution in [3.8, 4) is 0 Å². The highest BCUT2D eigenvalue weighted by molar-refractivity contribution is 5.90. The molecule has 0 saturated heterocycles. The highest BCUT2D eigenvalue weighted by atomic mass is 16.6. The number of hydrogen-bond donors (Lipinski definition) is 2. The maximum absolute atomic E-state index is 12.3. The van der Waals surface area contributed by atoms with Gasteiger partial charge in [0.25, 0.3) is 5.91 Å². The molecule has 0 saturated carbocycles. The van der Waals surface area contributed by atoms with Crippen LogP contribution in [-0.2, 0) is 19.1 Å². The number of nitrogens with one attached hydrogen (secondary N) is 2. The number of carbonyl (C=O) groups excluding carboxylic acids is 3. The molecule has 0 aromatic rings. The fourth-order valence-corrected chi connectivity index (χ4v) is 1.63. The molecular formula is C14H25N3O7. The van der Waals surface area contributed by atoms with Gasteiger partial charge in [0, 0.05) is 18.8 Å². The molecule has 2 unspecified atom stereocenters. The molecule has 0 aliphatic rings. The summed E-state index contributed by atoms with van der Waals surface area (Å²) < 4.78 is 9.50. The van der Waals surface area contributed by atoms with Crippen molar-refractivity contribution in [1.82, 2.24) is 10.6 Å². The van der Waals surface area contributed by atoms with Crippen LogP contribution in [0.4, 0.5) is 4.79 Å². The van der Waals surface area contributed by atoms with Gasteiger partial charge in [0.1, 0.15) is 11.6 Å². The number of hydrogen-bond acceptors (Lipinski definition) is 7. The zero-order valence-corrected chi connectivity index (χ0v) is 15.0. The van der Waals surface area contributed by atoms with E-state index in [0.29, 0.717) is 0 Å². The molecule has 2 amide bonds. The number of alkyl carbamates (subject to hydrolysis) is 1. The van der Waals surface area contributed by atoms with Crippen LogP contribution in [0.25, 0.3) is 0 Å². The zero-order valence-electron chi connectivity index (χ0n) is 15.0. The molecule has 0 aliphatic heterocycles. The number of nitro groups is 1. The van der Waals surface area contributed by atoms with Gasteiger partial charge in [-0.1, -0.05) is 0 Å². The first-order valence-corrected chi connectivity index (χ1v) is 7.24.